The minimum atomic E-state index is -0.654. The number of para-hydroxylation sites is 1. The highest BCUT2D eigenvalue weighted by molar-refractivity contribution is 7.80. The van der Waals surface area contributed by atoms with Crippen molar-refractivity contribution in [2.24, 2.45) is 0 Å². The number of nitrogens with one attached hydrogen (secondary N) is 1. The SMILES string of the molecule is O=C1NC(=S)N(c2ccc(F)cc2)C(=O)/C1=C\c1ccccc1OCc1cccc(F)c1. The molecule has 1 saturated heterocycles. The number of halogens is 2. The average Bonchev–Trinajstić information content (AvgIpc) is 2.77. The van der Waals surface area contributed by atoms with E-state index in [4.69, 9.17) is 17.0 Å². The fourth-order valence-electron chi connectivity index (χ4n) is 3.16. The molecule has 1 N–H and O–H groups in total. The normalized spacial score (nSPS) is 15.1. The molecule has 4 rings (SSSR count). The number of thiocarbonyl (C=S) groups is 1. The van der Waals surface area contributed by atoms with Crippen LogP contribution in [0.5, 0.6) is 5.75 Å². The summed E-state index contributed by atoms with van der Waals surface area (Å²) >= 11 is 5.14. The summed E-state index contributed by atoms with van der Waals surface area (Å²) in [5.74, 6) is -1.73. The lowest BCUT2D eigenvalue weighted by atomic mass is 10.1. The van der Waals surface area contributed by atoms with Crippen molar-refractivity contribution in [3.05, 3.63) is 101 Å². The lowest BCUT2D eigenvalue weighted by Gasteiger charge is -2.29. The molecule has 1 aliphatic rings. The summed E-state index contributed by atoms with van der Waals surface area (Å²) in [5, 5.41) is 2.38. The molecule has 3 aromatic rings. The Morgan fingerprint density at radius 3 is 2.44 bits per heavy atom. The van der Waals surface area contributed by atoms with Gasteiger partial charge in [-0.1, -0.05) is 30.3 Å². The van der Waals surface area contributed by atoms with Gasteiger partial charge in [-0.2, -0.15) is 0 Å². The van der Waals surface area contributed by atoms with Crippen LogP contribution in [0.25, 0.3) is 6.08 Å². The summed E-state index contributed by atoms with van der Waals surface area (Å²) in [6.45, 7) is 0.101. The number of hydrogen-bond donors (Lipinski definition) is 1. The smallest absolute Gasteiger partial charge is 0.270 e. The zero-order valence-corrected chi connectivity index (χ0v) is 17.4. The van der Waals surface area contributed by atoms with Crippen molar-refractivity contribution < 1.29 is 23.1 Å². The van der Waals surface area contributed by atoms with Crippen LogP contribution in [0.15, 0.2) is 78.4 Å². The van der Waals surface area contributed by atoms with Crippen LogP contribution in [0.1, 0.15) is 11.1 Å². The van der Waals surface area contributed by atoms with Gasteiger partial charge in [0.05, 0.1) is 5.69 Å². The maximum absolute atomic E-state index is 13.4. The van der Waals surface area contributed by atoms with Gasteiger partial charge in [-0.15, -0.1) is 0 Å². The second-order valence-electron chi connectivity index (χ2n) is 6.89. The largest absolute Gasteiger partial charge is 0.488 e. The molecule has 1 aliphatic heterocycles. The molecule has 0 atom stereocenters. The molecule has 8 heteroatoms. The summed E-state index contributed by atoms with van der Waals surface area (Å²) in [6.07, 6.45) is 1.40. The van der Waals surface area contributed by atoms with Crippen LogP contribution >= 0.6 is 12.2 Å². The maximum Gasteiger partial charge on any atom is 0.270 e. The summed E-state index contributed by atoms with van der Waals surface area (Å²) in [7, 11) is 0. The minimum absolute atomic E-state index is 0.0978. The molecular weight excluding hydrogens is 434 g/mol. The van der Waals surface area contributed by atoms with E-state index in [9.17, 15) is 18.4 Å². The Morgan fingerprint density at radius 1 is 0.938 bits per heavy atom. The molecule has 0 bridgehead atoms. The summed E-state index contributed by atoms with van der Waals surface area (Å²) in [5.41, 5.74) is 1.27. The van der Waals surface area contributed by atoms with E-state index in [0.29, 0.717) is 22.6 Å². The van der Waals surface area contributed by atoms with Crippen LogP contribution in [0.4, 0.5) is 14.5 Å². The monoisotopic (exact) mass is 450 g/mol. The van der Waals surface area contributed by atoms with Gasteiger partial charge in [0.25, 0.3) is 11.8 Å². The summed E-state index contributed by atoms with van der Waals surface area (Å²) < 4.78 is 32.5. The molecule has 0 saturated carbocycles. The Kier molecular flexibility index (Phi) is 6.04. The van der Waals surface area contributed by atoms with E-state index >= 15 is 0 Å². The van der Waals surface area contributed by atoms with Crippen LogP contribution in [0, 0.1) is 11.6 Å². The molecule has 32 heavy (non-hydrogen) atoms. The zero-order valence-electron chi connectivity index (χ0n) is 16.5. The first-order valence-electron chi connectivity index (χ1n) is 9.55. The van der Waals surface area contributed by atoms with E-state index in [1.165, 1.54) is 42.5 Å². The van der Waals surface area contributed by atoms with Crippen LogP contribution in [0.3, 0.4) is 0 Å². The molecular formula is C24H16F2N2O3S. The van der Waals surface area contributed by atoms with Crippen molar-refractivity contribution in [2.75, 3.05) is 4.90 Å². The highest BCUT2D eigenvalue weighted by Gasteiger charge is 2.34. The molecule has 1 fully saturated rings. The van der Waals surface area contributed by atoms with Crippen molar-refractivity contribution in [3.63, 3.8) is 0 Å². The molecule has 5 nitrogen and oxygen atoms in total. The van der Waals surface area contributed by atoms with Crippen molar-refractivity contribution in [1.29, 1.82) is 0 Å². The number of amides is 2. The molecule has 0 aliphatic carbocycles. The Labute approximate surface area is 187 Å². The number of ether oxygens (including phenoxy) is 1. The molecule has 0 radical (unpaired) electrons. The minimum Gasteiger partial charge on any atom is -0.488 e. The van der Waals surface area contributed by atoms with E-state index in [-0.39, 0.29) is 23.1 Å². The topological polar surface area (TPSA) is 58.6 Å². The highest BCUT2D eigenvalue weighted by Crippen LogP contribution is 2.26. The quantitative estimate of drug-likeness (QED) is 0.356. The number of hydrogen-bond acceptors (Lipinski definition) is 4. The van der Waals surface area contributed by atoms with Crippen LogP contribution in [-0.4, -0.2) is 16.9 Å². The van der Waals surface area contributed by atoms with E-state index in [1.54, 1.807) is 36.4 Å². The second-order valence-corrected chi connectivity index (χ2v) is 7.28. The van der Waals surface area contributed by atoms with Gasteiger partial charge in [0.2, 0.25) is 0 Å². The van der Waals surface area contributed by atoms with Crippen molar-refractivity contribution in [1.82, 2.24) is 5.32 Å². The standard InChI is InChI=1S/C24H16F2N2O3S/c25-17-8-10-19(11-9-17)28-23(30)20(22(29)27-24(28)32)13-16-5-1-2-7-21(16)31-14-15-4-3-6-18(26)12-15/h1-13H,14H2,(H,27,29,32)/b20-13-. The predicted octanol–water partition coefficient (Wildman–Crippen LogP) is 4.38. The van der Waals surface area contributed by atoms with Crippen LogP contribution < -0.4 is 15.0 Å². The summed E-state index contributed by atoms with van der Waals surface area (Å²) in [4.78, 5) is 26.7. The van der Waals surface area contributed by atoms with Crippen LogP contribution in [0.2, 0.25) is 0 Å². The number of benzene rings is 3. The zero-order chi connectivity index (χ0) is 22.7. The Hall–Kier alpha value is -3.91. The molecule has 1 heterocycles. The molecule has 0 aromatic heterocycles. The van der Waals surface area contributed by atoms with Gasteiger partial charge in [-0.3, -0.25) is 19.8 Å². The van der Waals surface area contributed by atoms with Gasteiger partial charge in [0.1, 0.15) is 29.6 Å². The first kappa shape index (κ1) is 21.3. The number of rotatable bonds is 5. The van der Waals surface area contributed by atoms with Crippen molar-refractivity contribution in [2.45, 2.75) is 6.61 Å². The Morgan fingerprint density at radius 2 is 1.69 bits per heavy atom. The van der Waals surface area contributed by atoms with E-state index in [0.717, 1.165) is 4.90 Å². The van der Waals surface area contributed by atoms with E-state index in [2.05, 4.69) is 5.32 Å². The third-order valence-electron chi connectivity index (χ3n) is 4.69. The maximum atomic E-state index is 13.4. The van der Waals surface area contributed by atoms with Gasteiger partial charge in [0, 0.05) is 5.56 Å². The Bertz CT molecular complexity index is 1240. The highest BCUT2D eigenvalue weighted by atomic mass is 32.1. The number of carbonyl (C=O) groups is 2. The molecule has 160 valence electrons. The fraction of sp³-hybridized carbons (Fsp3) is 0.0417. The van der Waals surface area contributed by atoms with E-state index in [1.807, 2.05) is 0 Å². The van der Waals surface area contributed by atoms with Gasteiger partial charge in [-0.25, -0.2) is 8.78 Å². The predicted molar refractivity (Wildman–Crippen MR) is 120 cm³/mol. The van der Waals surface area contributed by atoms with Crippen molar-refractivity contribution in [3.8, 4) is 5.75 Å². The molecule has 2 amide bonds. The summed E-state index contributed by atoms with van der Waals surface area (Å²) in [6, 6.07) is 18.0. The van der Waals surface area contributed by atoms with Gasteiger partial charge < -0.3 is 4.74 Å². The average molecular weight is 450 g/mol. The molecule has 0 spiro atoms. The lowest BCUT2D eigenvalue weighted by Crippen LogP contribution is -2.54. The molecule has 3 aromatic carbocycles. The third-order valence-corrected chi connectivity index (χ3v) is 4.97. The number of carbonyl (C=O) groups excluding carboxylic acids is 2. The fourth-order valence-corrected chi connectivity index (χ4v) is 3.44. The van der Waals surface area contributed by atoms with Crippen LogP contribution in [-0.2, 0) is 16.2 Å². The first-order chi connectivity index (χ1) is 15.4. The lowest BCUT2D eigenvalue weighted by molar-refractivity contribution is -0.122. The number of anilines is 1. The van der Waals surface area contributed by atoms with Gasteiger partial charge in [0.15, 0.2) is 5.11 Å². The Balaban J connectivity index is 1.63. The van der Waals surface area contributed by atoms with Gasteiger partial charge in [-0.05, 0) is 66.3 Å². The third kappa shape index (κ3) is 4.55. The van der Waals surface area contributed by atoms with Crippen molar-refractivity contribution >= 4 is 40.9 Å². The molecule has 0 unspecified atom stereocenters. The number of nitrogens with zero attached hydrogens (tertiary/aromatic N) is 1. The first-order valence-corrected chi connectivity index (χ1v) is 9.96. The second kappa shape index (κ2) is 9.07. The van der Waals surface area contributed by atoms with Gasteiger partial charge >= 0.3 is 0 Å². The van der Waals surface area contributed by atoms with E-state index < -0.39 is 17.6 Å².